The zero-order chi connectivity index (χ0) is 23.5. The molecule has 7 nitrogen and oxygen atoms in total. The highest BCUT2D eigenvalue weighted by Crippen LogP contribution is 2.30. The van der Waals surface area contributed by atoms with E-state index in [1.165, 1.54) is 22.6 Å². The molecule has 33 heavy (non-hydrogen) atoms. The van der Waals surface area contributed by atoms with Crippen LogP contribution < -0.4 is 5.32 Å². The van der Waals surface area contributed by atoms with Crippen LogP contribution in [0, 0.1) is 20.8 Å². The van der Waals surface area contributed by atoms with Crippen molar-refractivity contribution in [1.82, 2.24) is 19.7 Å². The van der Waals surface area contributed by atoms with E-state index in [0.717, 1.165) is 35.8 Å². The van der Waals surface area contributed by atoms with Crippen LogP contribution in [0.5, 0.6) is 0 Å². The van der Waals surface area contributed by atoms with Gasteiger partial charge in [-0.1, -0.05) is 12.1 Å². The van der Waals surface area contributed by atoms with Crippen molar-refractivity contribution in [3.63, 3.8) is 0 Å². The fourth-order valence-corrected chi connectivity index (χ4v) is 4.54. The van der Waals surface area contributed by atoms with Crippen molar-refractivity contribution in [2.24, 2.45) is 0 Å². The molecule has 0 bridgehead atoms. The van der Waals surface area contributed by atoms with E-state index in [9.17, 15) is 4.79 Å². The molecular weight excluding hydrogens is 434 g/mol. The van der Waals surface area contributed by atoms with E-state index in [2.05, 4.69) is 43.1 Å². The van der Waals surface area contributed by atoms with Crippen molar-refractivity contribution >= 4 is 22.9 Å². The van der Waals surface area contributed by atoms with Gasteiger partial charge in [0.2, 0.25) is 5.89 Å². The normalized spacial score (nSPS) is 11.3. The van der Waals surface area contributed by atoms with Crippen molar-refractivity contribution in [1.29, 1.82) is 0 Å². The molecule has 0 aliphatic heterocycles. The third-order valence-corrected chi connectivity index (χ3v) is 6.44. The maximum absolute atomic E-state index is 12.6. The van der Waals surface area contributed by atoms with Crippen LogP contribution in [0.3, 0.4) is 0 Å². The van der Waals surface area contributed by atoms with E-state index >= 15 is 0 Å². The lowest BCUT2D eigenvalue weighted by molar-refractivity contribution is 0.102. The first kappa shape index (κ1) is 22.9. The minimum atomic E-state index is -0.148. The predicted molar refractivity (Wildman–Crippen MR) is 131 cm³/mol. The number of carbonyl (C=O) groups is 1. The Kier molecular flexibility index (Phi) is 6.76. The number of anilines is 1. The second kappa shape index (κ2) is 9.72. The minimum Gasteiger partial charge on any atom is -0.441 e. The van der Waals surface area contributed by atoms with Gasteiger partial charge in [0.1, 0.15) is 5.76 Å². The second-order valence-electron chi connectivity index (χ2n) is 8.17. The van der Waals surface area contributed by atoms with E-state index in [0.29, 0.717) is 23.7 Å². The Hall–Kier alpha value is -3.23. The minimum absolute atomic E-state index is 0.148. The third-order valence-electron chi connectivity index (χ3n) is 5.76. The summed E-state index contributed by atoms with van der Waals surface area (Å²) in [6.07, 6.45) is 0. The van der Waals surface area contributed by atoms with Gasteiger partial charge in [0.05, 0.1) is 28.2 Å². The Balaban J connectivity index is 1.52. The van der Waals surface area contributed by atoms with Crippen molar-refractivity contribution < 1.29 is 9.21 Å². The molecule has 3 aromatic heterocycles. The molecule has 0 aliphatic carbocycles. The van der Waals surface area contributed by atoms with Crippen molar-refractivity contribution in [3.05, 3.63) is 75.1 Å². The van der Waals surface area contributed by atoms with Crippen LogP contribution in [0.25, 0.3) is 11.5 Å². The van der Waals surface area contributed by atoms with Gasteiger partial charge in [0.25, 0.3) is 5.91 Å². The SMILES string of the molecule is CCn1nc(C)c(CN(C)Cc2nc(-c3ccccc3NC(=O)c3ccsc3)oc2C)c1C. The molecule has 172 valence electrons. The molecule has 1 N–H and O–H groups in total. The van der Waals surface area contributed by atoms with E-state index in [4.69, 9.17) is 9.40 Å². The number of carbonyl (C=O) groups excluding carboxylic acids is 1. The van der Waals surface area contributed by atoms with Gasteiger partial charge in [0, 0.05) is 36.3 Å². The van der Waals surface area contributed by atoms with E-state index < -0.39 is 0 Å². The summed E-state index contributed by atoms with van der Waals surface area (Å²) in [4.78, 5) is 19.6. The van der Waals surface area contributed by atoms with Crippen LogP contribution in [-0.4, -0.2) is 32.6 Å². The van der Waals surface area contributed by atoms with Crippen LogP contribution >= 0.6 is 11.3 Å². The molecule has 0 saturated heterocycles. The van der Waals surface area contributed by atoms with Crippen LogP contribution in [0.2, 0.25) is 0 Å². The lowest BCUT2D eigenvalue weighted by atomic mass is 10.1. The number of hydrogen-bond acceptors (Lipinski definition) is 6. The van der Waals surface area contributed by atoms with Crippen molar-refractivity contribution in [2.75, 3.05) is 12.4 Å². The molecule has 0 aliphatic rings. The molecular formula is C25H29N5O2S. The number of benzene rings is 1. The lowest BCUT2D eigenvalue weighted by Crippen LogP contribution is -2.19. The highest BCUT2D eigenvalue weighted by molar-refractivity contribution is 7.08. The Bertz CT molecular complexity index is 1260. The zero-order valence-corrected chi connectivity index (χ0v) is 20.5. The summed E-state index contributed by atoms with van der Waals surface area (Å²) < 4.78 is 8.07. The molecule has 0 saturated carbocycles. The number of aromatic nitrogens is 3. The van der Waals surface area contributed by atoms with Gasteiger partial charge in [-0.15, -0.1) is 0 Å². The average molecular weight is 464 g/mol. The molecule has 8 heteroatoms. The van der Waals surface area contributed by atoms with E-state index in [-0.39, 0.29) is 5.91 Å². The third kappa shape index (κ3) is 4.91. The van der Waals surface area contributed by atoms with Crippen LogP contribution in [0.15, 0.2) is 45.5 Å². The van der Waals surface area contributed by atoms with E-state index in [1.807, 2.05) is 46.6 Å². The largest absolute Gasteiger partial charge is 0.441 e. The average Bonchev–Trinajstić information content (AvgIpc) is 3.51. The first-order valence-electron chi connectivity index (χ1n) is 11.0. The monoisotopic (exact) mass is 463 g/mol. The number of nitrogens with zero attached hydrogens (tertiary/aromatic N) is 4. The van der Waals surface area contributed by atoms with Gasteiger partial charge in [-0.05, 0) is 58.3 Å². The molecule has 4 rings (SSSR count). The maximum atomic E-state index is 12.6. The standard InChI is InChI=1S/C25H29N5O2S/c1-6-30-17(3)21(16(2)28-30)13-29(5)14-23-18(4)32-25(27-23)20-9-7-8-10-22(20)26-24(31)19-11-12-33-15-19/h7-12,15H,6,13-14H2,1-5H3,(H,26,31). The summed E-state index contributed by atoms with van der Waals surface area (Å²) in [5.74, 6) is 1.13. The molecule has 0 radical (unpaired) electrons. The Morgan fingerprint density at radius 1 is 1.18 bits per heavy atom. The molecule has 4 aromatic rings. The Morgan fingerprint density at radius 3 is 2.67 bits per heavy atom. The smallest absolute Gasteiger partial charge is 0.256 e. The number of thiophene rings is 1. The highest BCUT2D eigenvalue weighted by atomic mass is 32.1. The topological polar surface area (TPSA) is 76.2 Å². The first-order valence-corrected chi connectivity index (χ1v) is 11.9. The molecule has 0 fully saturated rings. The van der Waals surface area contributed by atoms with Gasteiger partial charge >= 0.3 is 0 Å². The number of aryl methyl sites for hydroxylation is 3. The van der Waals surface area contributed by atoms with E-state index in [1.54, 1.807) is 6.07 Å². The Morgan fingerprint density at radius 2 is 1.97 bits per heavy atom. The van der Waals surface area contributed by atoms with Crippen molar-refractivity contribution in [2.45, 2.75) is 47.3 Å². The van der Waals surface area contributed by atoms with Crippen LogP contribution in [0.4, 0.5) is 5.69 Å². The number of rotatable bonds is 8. The maximum Gasteiger partial charge on any atom is 0.256 e. The molecule has 0 spiro atoms. The number of amides is 1. The lowest BCUT2D eigenvalue weighted by Gasteiger charge is -2.16. The van der Waals surface area contributed by atoms with Crippen molar-refractivity contribution in [3.8, 4) is 11.5 Å². The summed E-state index contributed by atoms with van der Waals surface area (Å²) in [7, 11) is 2.07. The van der Waals surface area contributed by atoms with Crippen LogP contribution in [-0.2, 0) is 19.6 Å². The zero-order valence-electron chi connectivity index (χ0n) is 19.7. The summed E-state index contributed by atoms with van der Waals surface area (Å²) in [6, 6.07) is 9.38. The molecule has 0 unspecified atom stereocenters. The highest BCUT2D eigenvalue weighted by Gasteiger charge is 2.19. The Labute approximate surface area is 198 Å². The van der Waals surface area contributed by atoms with Gasteiger partial charge in [-0.3, -0.25) is 14.4 Å². The van der Waals surface area contributed by atoms with Crippen LogP contribution in [0.1, 0.15) is 45.7 Å². The second-order valence-corrected chi connectivity index (χ2v) is 8.95. The molecule has 3 heterocycles. The fourth-order valence-electron chi connectivity index (χ4n) is 3.91. The van der Waals surface area contributed by atoms with Gasteiger partial charge in [0.15, 0.2) is 0 Å². The number of para-hydroxylation sites is 1. The predicted octanol–water partition coefficient (Wildman–Crippen LogP) is 5.43. The quantitative estimate of drug-likeness (QED) is 0.377. The summed E-state index contributed by atoms with van der Waals surface area (Å²) in [5, 5.41) is 11.3. The van der Waals surface area contributed by atoms with Gasteiger partial charge in [-0.25, -0.2) is 4.98 Å². The fraction of sp³-hybridized carbons (Fsp3) is 0.320. The molecule has 1 aromatic carbocycles. The summed E-state index contributed by atoms with van der Waals surface area (Å²) >= 11 is 1.49. The molecule has 0 atom stereocenters. The van der Waals surface area contributed by atoms with Gasteiger partial charge in [-0.2, -0.15) is 16.4 Å². The number of nitrogens with one attached hydrogen (secondary N) is 1. The summed E-state index contributed by atoms with van der Waals surface area (Å²) in [5.41, 5.74) is 6.47. The first-order chi connectivity index (χ1) is 15.9. The number of oxazole rings is 1. The summed E-state index contributed by atoms with van der Waals surface area (Å²) in [6.45, 7) is 10.5. The van der Waals surface area contributed by atoms with Gasteiger partial charge < -0.3 is 9.73 Å². The molecule has 1 amide bonds. The number of hydrogen-bond donors (Lipinski definition) is 1.